The molecule has 1 N–H and O–H groups in total. The van der Waals surface area contributed by atoms with Crippen molar-refractivity contribution in [2.24, 2.45) is 28.6 Å². The van der Waals surface area contributed by atoms with Crippen LogP contribution in [0.1, 0.15) is 72.6 Å². The molecule has 7 atom stereocenters. The van der Waals surface area contributed by atoms with E-state index in [-0.39, 0.29) is 34.1 Å². The predicted molar refractivity (Wildman–Crippen MR) is 121 cm³/mol. The minimum Gasteiger partial charge on any atom is -0.458 e. The van der Waals surface area contributed by atoms with Gasteiger partial charge in [0.15, 0.2) is 17.5 Å². The van der Waals surface area contributed by atoms with Crippen LogP contribution in [0.15, 0.2) is 11.6 Å². The molecule has 32 heavy (non-hydrogen) atoms. The molecule has 6 nitrogen and oxygen atoms in total. The summed E-state index contributed by atoms with van der Waals surface area (Å²) in [6.45, 7) is 6.72. The number of carbonyl (C=O) groups excluding carboxylic acids is 4. The van der Waals surface area contributed by atoms with Crippen LogP contribution in [0.25, 0.3) is 0 Å². The summed E-state index contributed by atoms with van der Waals surface area (Å²) in [6.07, 6.45) is 6.68. The first kappa shape index (κ1) is 23.7. The fourth-order valence-corrected chi connectivity index (χ4v) is 8.93. The van der Waals surface area contributed by atoms with Crippen molar-refractivity contribution >= 4 is 34.4 Å². The number of fused-ring (bicyclic) bond motifs is 5. The van der Waals surface area contributed by atoms with E-state index in [2.05, 4.69) is 6.92 Å². The van der Waals surface area contributed by atoms with Crippen LogP contribution in [0.3, 0.4) is 0 Å². The highest BCUT2D eigenvalue weighted by Gasteiger charge is 2.67. The van der Waals surface area contributed by atoms with Crippen LogP contribution < -0.4 is 0 Å². The van der Waals surface area contributed by atoms with Gasteiger partial charge in [-0.05, 0) is 62.4 Å². The van der Waals surface area contributed by atoms with Crippen molar-refractivity contribution in [2.45, 2.75) is 83.5 Å². The molecule has 0 aliphatic heterocycles. The molecule has 7 heteroatoms. The van der Waals surface area contributed by atoms with Gasteiger partial charge in [-0.25, -0.2) is 0 Å². The molecular formula is C25H34O6S. The van der Waals surface area contributed by atoms with Gasteiger partial charge >= 0.3 is 5.97 Å². The number of ketones is 2. The van der Waals surface area contributed by atoms with Gasteiger partial charge in [0.25, 0.3) is 0 Å². The molecule has 0 aromatic heterocycles. The summed E-state index contributed by atoms with van der Waals surface area (Å²) < 4.78 is 4.94. The molecule has 0 spiro atoms. The maximum atomic E-state index is 13.0. The van der Waals surface area contributed by atoms with Crippen LogP contribution in [0.4, 0.5) is 0 Å². The summed E-state index contributed by atoms with van der Waals surface area (Å²) in [5, 5.41) is 11.6. The normalized spacial score (nSPS) is 42.9. The van der Waals surface area contributed by atoms with Crippen molar-refractivity contribution in [3.8, 4) is 0 Å². The molecule has 4 aliphatic carbocycles. The van der Waals surface area contributed by atoms with E-state index < -0.39 is 22.8 Å². The van der Waals surface area contributed by atoms with Crippen molar-refractivity contribution < 1.29 is 29.0 Å². The molecule has 0 bridgehead atoms. The summed E-state index contributed by atoms with van der Waals surface area (Å²) in [5.41, 5.74) is -1.09. The average molecular weight is 463 g/mol. The van der Waals surface area contributed by atoms with Crippen molar-refractivity contribution in [3.05, 3.63) is 11.6 Å². The zero-order valence-electron chi connectivity index (χ0n) is 19.4. The Bertz CT molecular complexity index is 895. The molecule has 4 aliphatic rings. The minimum atomic E-state index is -1.48. The fraction of sp³-hybridized carbons (Fsp3) is 0.760. The number of Topliss-reactive ketones (excluding diaryl/α,β-unsaturated/α-hetero) is 1. The van der Waals surface area contributed by atoms with Crippen molar-refractivity contribution in [3.63, 3.8) is 0 Å². The van der Waals surface area contributed by atoms with Crippen LogP contribution in [0.5, 0.6) is 0 Å². The van der Waals surface area contributed by atoms with E-state index in [0.29, 0.717) is 31.1 Å². The monoisotopic (exact) mass is 462 g/mol. The molecule has 3 fully saturated rings. The quantitative estimate of drug-likeness (QED) is 0.637. The third-order valence-corrected chi connectivity index (χ3v) is 10.6. The van der Waals surface area contributed by atoms with Crippen LogP contribution >= 0.6 is 11.8 Å². The second kappa shape index (κ2) is 8.08. The maximum absolute atomic E-state index is 13.0. The topological polar surface area (TPSA) is 97.7 Å². The molecule has 0 amide bonds. The average Bonchev–Trinajstić information content (AvgIpc) is 2.99. The first-order valence-electron chi connectivity index (χ1n) is 11.7. The second-order valence-electron chi connectivity index (χ2n) is 10.7. The zero-order chi connectivity index (χ0) is 23.5. The molecule has 0 aromatic rings. The van der Waals surface area contributed by atoms with Crippen molar-refractivity contribution in [1.29, 1.82) is 0 Å². The fourth-order valence-electron chi connectivity index (χ4n) is 7.71. The third-order valence-electron chi connectivity index (χ3n) is 9.36. The Balaban J connectivity index is 1.65. The number of aliphatic hydroxyl groups is 1. The Labute approximate surface area is 193 Å². The molecular weight excluding hydrogens is 428 g/mol. The number of carbonyl (C=O) groups is 4. The highest BCUT2D eigenvalue weighted by atomic mass is 32.2. The zero-order valence-corrected chi connectivity index (χ0v) is 20.3. The van der Waals surface area contributed by atoms with Gasteiger partial charge in [0.1, 0.15) is 5.60 Å². The number of allylic oxidation sites excluding steroid dienone is 1. The van der Waals surface area contributed by atoms with Gasteiger partial charge in [-0.2, -0.15) is 0 Å². The molecule has 1 unspecified atom stereocenters. The lowest BCUT2D eigenvalue weighted by molar-refractivity contribution is -0.169. The third kappa shape index (κ3) is 3.42. The number of hydrogen-bond acceptors (Lipinski definition) is 7. The van der Waals surface area contributed by atoms with E-state index in [1.165, 1.54) is 24.3 Å². The first-order valence-corrected chi connectivity index (χ1v) is 12.6. The van der Waals surface area contributed by atoms with Crippen LogP contribution in [0.2, 0.25) is 0 Å². The standard InChI is InChI=1S/C25H34O6S/c1-14(26)31-13-21(29)25(30)10-8-19-18-6-5-16-11-17(28)12-22(32-15(2)27)24(16,4)20(18)7-9-23(19,25)3/h11,18-20,22,30H,5-10,12-13H2,1-4H3/t18-,19-,20-,22?,23-,24-,25-/m0/s1. The molecule has 3 saturated carbocycles. The molecule has 176 valence electrons. The Kier molecular flexibility index (Phi) is 5.98. The predicted octanol–water partition coefficient (Wildman–Crippen LogP) is 3.64. The SMILES string of the molecule is CC(=O)OCC(=O)[C@@]1(O)CC[C@H]2[C@@H]3CCC4=CC(=O)CC(SC(C)=O)[C@]4(C)[C@H]3CC[C@@]21C. The van der Waals surface area contributed by atoms with Gasteiger partial charge in [-0.15, -0.1) is 0 Å². The lowest BCUT2D eigenvalue weighted by Gasteiger charge is -2.60. The largest absolute Gasteiger partial charge is 0.458 e. The Morgan fingerprint density at radius 2 is 1.81 bits per heavy atom. The van der Waals surface area contributed by atoms with Crippen molar-refractivity contribution in [1.82, 2.24) is 0 Å². The second-order valence-corrected chi connectivity index (χ2v) is 12.1. The van der Waals surface area contributed by atoms with E-state index in [1.54, 1.807) is 6.92 Å². The van der Waals surface area contributed by atoms with Gasteiger partial charge in [-0.3, -0.25) is 19.2 Å². The van der Waals surface area contributed by atoms with Gasteiger partial charge in [0.05, 0.1) is 0 Å². The molecule has 4 rings (SSSR count). The van der Waals surface area contributed by atoms with Crippen LogP contribution in [-0.4, -0.2) is 45.2 Å². The highest BCUT2D eigenvalue weighted by Crippen LogP contribution is 2.68. The van der Waals surface area contributed by atoms with Gasteiger partial charge < -0.3 is 9.84 Å². The Morgan fingerprint density at radius 1 is 1.12 bits per heavy atom. The Hall–Kier alpha value is -1.47. The lowest BCUT2D eigenvalue weighted by atomic mass is 9.46. The van der Waals surface area contributed by atoms with Crippen molar-refractivity contribution in [2.75, 3.05) is 6.61 Å². The number of esters is 1. The first-order chi connectivity index (χ1) is 14.9. The molecule has 0 radical (unpaired) electrons. The molecule has 0 heterocycles. The van der Waals surface area contributed by atoms with Gasteiger partial charge in [0, 0.05) is 36.3 Å². The number of thioether (sulfide) groups is 1. The van der Waals surface area contributed by atoms with E-state index in [9.17, 15) is 24.3 Å². The van der Waals surface area contributed by atoms with E-state index >= 15 is 0 Å². The molecule has 0 saturated heterocycles. The highest BCUT2D eigenvalue weighted by molar-refractivity contribution is 8.14. The summed E-state index contributed by atoms with van der Waals surface area (Å²) in [4.78, 5) is 48.6. The summed E-state index contributed by atoms with van der Waals surface area (Å²) in [5.74, 6) is 0.0251. The maximum Gasteiger partial charge on any atom is 0.303 e. The van der Waals surface area contributed by atoms with E-state index in [4.69, 9.17) is 4.74 Å². The molecule has 0 aromatic carbocycles. The van der Waals surface area contributed by atoms with E-state index in [1.807, 2.05) is 13.0 Å². The number of ether oxygens (including phenoxy) is 1. The lowest BCUT2D eigenvalue weighted by Crippen LogP contribution is -2.59. The number of rotatable bonds is 4. The van der Waals surface area contributed by atoms with Gasteiger partial charge in [0.2, 0.25) is 5.78 Å². The van der Waals surface area contributed by atoms with E-state index in [0.717, 1.165) is 25.7 Å². The smallest absolute Gasteiger partial charge is 0.303 e. The Morgan fingerprint density at radius 3 is 2.47 bits per heavy atom. The minimum absolute atomic E-state index is 0.0411. The summed E-state index contributed by atoms with van der Waals surface area (Å²) >= 11 is 1.31. The summed E-state index contributed by atoms with van der Waals surface area (Å²) in [7, 11) is 0. The number of hydrogen-bond donors (Lipinski definition) is 1. The summed E-state index contributed by atoms with van der Waals surface area (Å²) in [6, 6.07) is 0. The van der Waals surface area contributed by atoms with Crippen LogP contribution in [0, 0.1) is 28.6 Å². The van der Waals surface area contributed by atoms with Crippen LogP contribution in [-0.2, 0) is 23.9 Å². The van der Waals surface area contributed by atoms with Gasteiger partial charge in [-0.1, -0.05) is 31.2 Å².